The summed E-state index contributed by atoms with van der Waals surface area (Å²) in [7, 11) is -5.43. The molecule has 0 spiro atoms. The Kier molecular flexibility index (Phi) is 5.18. The molecule has 26 heavy (non-hydrogen) atoms. The van der Waals surface area contributed by atoms with E-state index in [4.69, 9.17) is 0 Å². The van der Waals surface area contributed by atoms with E-state index in [1.165, 1.54) is 18.2 Å². The molecule has 1 aliphatic heterocycles. The van der Waals surface area contributed by atoms with Gasteiger partial charge in [0.05, 0.1) is 10.6 Å². The zero-order chi connectivity index (χ0) is 18.9. The predicted octanol–water partition coefficient (Wildman–Crippen LogP) is 3.18. The monoisotopic (exact) mass is 390 g/mol. The molecule has 9 heteroatoms. The van der Waals surface area contributed by atoms with Crippen molar-refractivity contribution in [3.8, 4) is 0 Å². The third kappa shape index (κ3) is 3.67. The quantitative estimate of drug-likeness (QED) is 0.858. The molecule has 1 heterocycles. The summed E-state index contributed by atoms with van der Waals surface area (Å²) in [6.45, 7) is 0.900. The molecule has 3 rings (SSSR count). The standard InChI is InChI=1S/C17H21F3N2O3S/c18-17(19,20)26(24,25)15-8-4-3-7-14(15)21-13-9-10-22(11-13)16(23)12-5-1-2-6-12/h3-4,7-8,12-13,21H,1-2,5-6,9-11H2. The molecule has 2 fully saturated rings. The fourth-order valence-corrected chi connectivity index (χ4v) is 4.60. The van der Waals surface area contributed by atoms with Crippen LogP contribution in [0.5, 0.6) is 0 Å². The Morgan fingerprint density at radius 1 is 1.12 bits per heavy atom. The van der Waals surface area contributed by atoms with Crippen LogP contribution in [-0.4, -0.2) is 43.9 Å². The van der Waals surface area contributed by atoms with Gasteiger partial charge in [0, 0.05) is 25.0 Å². The van der Waals surface area contributed by atoms with Crippen molar-refractivity contribution < 1.29 is 26.4 Å². The average Bonchev–Trinajstić information content (AvgIpc) is 3.25. The number of rotatable bonds is 4. The van der Waals surface area contributed by atoms with Gasteiger partial charge in [-0.15, -0.1) is 0 Å². The smallest absolute Gasteiger partial charge is 0.379 e. The second-order valence-electron chi connectivity index (χ2n) is 6.84. The number of nitrogens with zero attached hydrogens (tertiary/aromatic N) is 1. The van der Waals surface area contributed by atoms with Gasteiger partial charge in [0.15, 0.2) is 0 Å². The van der Waals surface area contributed by atoms with Crippen molar-refractivity contribution in [3.05, 3.63) is 24.3 Å². The molecule has 1 atom stereocenters. The van der Waals surface area contributed by atoms with Gasteiger partial charge in [-0.2, -0.15) is 13.2 Å². The average molecular weight is 390 g/mol. The lowest BCUT2D eigenvalue weighted by Crippen LogP contribution is -2.35. The number of benzene rings is 1. The zero-order valence-electron chi connectivity index (χ0n) is 14.1. The molecular weight excluding hydrogens is 369 g/mol. The maximum atomic E-state index is 12.9. The molecule has 1 aliphatic carbocycles. The van der Waals surface area contributed by atoms with Gasteiger partial charge >= 0.3 is 5.51 Å². The van der Waals surface area contributed by atoms with Crippen LogP contribution in [0.2, 0.25) is 0 Å². The maximum absolute atomic E-state index is 12.9. The molecule has 144 valence electrons. The molecular formula is C17H21F3N2O3S. The molecule has 5 nitrogen and oxygen atoms in total. The van der Waals surface area contributed by atoms with Crippen molar-refractivity contribution in [2.24, 2.45) is 5.92 Å². The first-order valence-electron chi connectivity index (χ1n) is 8.66. The van der Waals surface area contributed by atoms with Crippen molar-refractivity contribution in [1.82, 2.24) is 4.90 Å². The molecule has 2 aliphatic rings. The first-order valence-corrected chi connectivity index (χ1v) is 10.1. The number of halogens is 3. The first kappa shape index (κ1) is 19.0. The van der Waals surface area contributed by atoms with Gasteiger partial charge in [-0.25, -0.2) is 8.42 Å². The van der Waals surface area contributed by atoms with Crippen LogP contribution in [0.3, 0.4) is 0 Å². The number of sulfone groups is 1. The Bertz CT molecular complexity index is 774. The fourth-order valence-electron chi connectivity index (χ4n) is 3.67. The van der Waals surface area contributed by atoms with Gasteiger partial charge in [-0.3, -0.25) is 4.79 Å². The van der Waals surface area contributed by atoms with Crippen LogP contribution in [0, 0.1) is 5.92 Å². The van der Waals surface area contributed by atoms with E-state index >= 15 is 0 Å². The fraction of sp³-hybridized carbons (Fsp3) is 0.588. The molecule has 0 bridgehead atoms. The largest absolute Gasteiger partial charge is 0.501 e. The van der Waals surface area contributed by atoms with Crippen LogP contribution < -0.4 is 5.32 Å². The summed E-state index contributed by atoms with van der Waals surface area (Å²) in [5.74, 6) is 0.148. The van der Waals surface area contributed by atoms with E-state index in [-0.39, 0.29) is 23.6 Å². The van der Waals surface area contributed by atoms with Crippen molar-refractivity contribution in [1.29, 1.82) is 0 Å². The Balaban J connectivity index is 1.72. The molecule has 0 radical (unpaired) electrons. The van der Waals surface area contributed by atoms with Crippen molar-refractivity contribution in [2.45, 2.75) is 48.5 Å². The number of carbonyl (C=O) groups is 1. The van der Waals surface area contributed by atoms with Gasteiger partial charge < -0.3 is 10.2 Å². The summed E-state index contributed by atoms with van der Waals surface area (Å²) in [5, 5.41) is 2.89. The minimum atomic E-state index is -5.43. The molecule has 1 aromatic carbocycles. The summed E-state index contributed by atoms with van der Waals surface area (Å²) in [6.07, 6.45) is 4.45. The van der Waals surface area contributed by atoms with Gasteiger partial charge in [-0.1, -0.05) is 25.0 Å². The van der Waals surface area contributed by atoms with Crippen LogP contribution in [0.4, 0.5) is 18.9 Å². The molecule has 1 saturated carbocycles. The number of hydrogen-bond acceptors (Lipinski definition) is 4. The van der Waals surface area contributed by atoms with Gasteiger partial charge in [-0.05, 0) is 31.4 Å². The number of carbonyl (C=O) groups excluding carboxylic acids is 1. The number of para-hydroxylation sites is 1. The molecule has 1 aromatic rings. The molecule has 1 unspecified atom stereocenters. The van der Waals surface area contributed by atoms with Crippen LogP contribution in [0.15, 0.2) is 29.2 Å². The summed E-state index contributed by atoms with van der Waals surface area (Å²) in [5.41, 5.74) is -5.43. The number of alkyl halides is 3. The summed E-state index contributed by atoms with van der Waals surface area (Å²) in [6, 6.07) is 4.73. The van der Waals surface area contributed by atoms with E-state index in [1.807, 2.05) is 0 Å². The van der Waals surface area contributed by atoms with E-state index in [0.29, 0.717) is 19.5 Å². The Hall–Kier alpha value is -1.77. The van der Waals surface area contributed by atoms with Crippen LogP contribution >= 0.6 is 0 Å². The van der Waals surface area contributed by atoms with Crippen molar-refractivity contribution in [2.75, 3.05) is 18.4 Å². The van der Waals surface area contributed by atoms with E-state index in [2.05, 4.69) is 5.32 Å². The normalized spacial score (nSPS) is 22.0. The lowest BCUT2D eigenvalue weighted by Gasteiger charge is -2.21. The highest BCUT2D eigenvalue weighted by molar-refractivity contribution is 7.92. The predicted molar refractivity (Wildman–Crippen MR) is 90.2 cm³/mol. The number of amides is 1. The zero-order valence-corrected chi connectivity index (χ0v) is 14.9. The Morgan fingerprint density at radius 3 is 2.42 bits per heavy atom. The summed E-state index contributed by atoms with van der Waals surface area (Å²) < 4.78 is 62.2. The van der Waals surface area contributed by atoms with E-state index in [1.54, 1.807) is 4.90 Å². The summed E-state index contributed by atoms with van der Waals surface area (Å²) in [4.78, 5) is 13.4. The molecule has 1 amide bonds. The SMILES string of the molecule is O=C(C1CCCC1)N1CCC(Nc2ccccc2S(=O)(=O)C(F)(F)F)C1. The second-order valence-corrected chi connectivity index (χ2v) is 8.75. The maximum Gasteiger partial charge on any atom is 0.501 e. The molecule has 1 N–H and O–H groups in total. The van der Waals surface area contributed by atoms with Crippen LogP contribution in [-0.2, 0) is 14.6 Å². The summed E-state index contributed by atoms with van der Waals surface area (Å²) >= 11 is 0. The number of likely N-dealkylation sites (tertiary alicyclic amines) is 1. The highest BCUT2D eigenvalue weighted by Gasteiger charge is 2.48. The highest BCUT2D eigenvalue weighted by Crippen LogP contribution is 2.35. The minimum absolute atomic E-state index is 0.0478. The molecule has 0 aromatic heterocycles. The van der Waals surface area contributed by atoms with Crippen molar-refractivity contribution in [3.63, 3.8) is 0 Å². The second kappa shape index (κ2) is 7.09. The highest BCUT2D eigenvalue weighted by atomic mass is 32.2. The minimum Gasteiger partial charge on any atom is -0.379 e. The van der Waals surface area contributed by atoms with E-state index < -0.39 is 20.2 Å². The third-order valence-corrected chi connectivity index (χ3v) is 6.59. The lowest BCUT2D eigenvalue weighted by atomic mass is 10.1. The van der Waals surface area contributed by atoms with Gasteiger partial charge in [0.2, 0.25) is 5.91 Å². The Labute approximate surface area is 150 Å². The van der Waals surface area contributed by atoms with E-state index in [0.717, 1.165) is 31.7 Å². The number of nitrogens with one attached hydrogen (secondary N) is 1. The van der Waals surface area contributed by atoms with Crippen LogP contribution in [0.1, 0.15) is 32.1 Å². The number of anilines is 1. The molecule has 1 saturated heterocycles. The third-order valence-electron chi connectivity index (χ3n) is 5.05. The van der Waals surface area contributed by atoms with Gasteiger partial charge in [0.1, 0.15) is 0 Å². The van der Waals surface area contributed by atoms with Gasteiger partial charge in [0.25, 0.3) is 9.84 Å². The topological polar surface area (TPSA) is 66.5 Å². The van der Waals surface area contributed by atoms with E-state index in [9.17, 15) is 26.4 Å². The number of hydrogen-bond donors (Lipinski definition) is 1. The van der Waals surface area contributed by atoms with Crippen LogP contribution in [0.25, 0.3) is 0 Å². The lowest BCUT2D eigenvalue weighted by molar-refractivity contribution is -0.134. The Morgan fingerprint density at radius 2 is 1.77 bits per heavy atom. The first-order chi connectivity index (χ1) is 12.2. The van der Waals surface area contributed by atoms with Crippen molar-refractivity contribution >= 4 is 21.4 Å².